The van der Waals surface area contributed by atoms with Crippen molar-refractivity contribution in [3.63, 3.8) is 0 Å². The molecule has 0 spiro atoms. The van der Waals surface area contributed by atoms with Crippen LogP contribution in [0.15, 0.2) is 47.5 Å². The molecule has 1 aromatic heterocycles. The number of hydrogen-bond acceptors (Lipinski definition) is 8. The molecule has 0 radical (unpaired) electrons. The van der Waals surface area contributed by atoms with Crippen LogP contribution in [0.1, 0.15) is 30.1 Å². The maximum Gasteiger partial charge on any atom is 0.162 e. The van der Waals surface area contributed by atoms with Crippen molar-refractivity contribution in [2.75, 3.05) is 29.9 Å². The number of nitrogens with zero attached hydrogens (tertiary/aromatic N) is 8. The monoisotopic (exact) mass is 367 g/mol. The molecule has 138 valence electrons. The fourth-order valence-electron chi connectivity index (χ4n) is 4.14. The number of hydrogen-bond donors (Lipinski definition) is 1. The highest BCUT2D eigenvalue weighted by molar-refractivity contribution is 6.08. The van der Waals surface area contributed by atoms with E-state index in [2.05, 4.69) is 15.6 Å². The molecule has 6 rings (SSSR count). The molecule has 5 heterocycles. The molecule has 27 heavy (non-hydrogen) atoms. The predicted octanol–water partition coefficient (Wildman–Crippen LogP) is 1.05. The van der Waals surface area contributed by atoms with Gasteiger partial charge in [0.15, 0.2) is 18.3 Å². The van der Waals surface area contributed by atoms with Gasteiger partial charge in [-0.1, -0.05) is 16.6 Å². The van der Waals surface area contributed by atoms with Gasteiger partial charge < -0.3 is 10.2 Å². The summed E-state index contributed by atoms with van der Waals surface area (Å²) in [5.74, 6) is 1.50. The summed E-state index contributed by atoms with van der Waals surface area (Å²) in [5, 5.41) is 16.5. The van der Waals surface area contributed by atoms with Crippen LogP contribution in [0, 0.1) is 0 Å². The number of aliphatic imine (C=N–C) groups is 1. The number of halogens is 1. The molecule has 9 nitrogen and oxygen atoms in total. The van der Waals surface area contributed by atoms with Crippen LogP contribution in [0.25, 0.3) is 0 Å². The summed E-state index contributed by atoms with van der Waals surface area (Å²) in [5.41, 5.74) is 2.85. The highest BCUT2D eigenvalue weighted by atomic mass is 19.2. The summed E-state index contributed by atoms with van der Waals surface area (Å²) in [6.07, 6.45) is 5.62. The topological polar surface area (TPSA) is 68.1 Å². The van der Waals surface area contributed by atoms with E-state index in [4.69, 9.17) is 4.99 Å². The van der Waals surface area contributed by atoms with E-state index in [1.165, 1.54) is 6.20 Å². The van der Waals surface area contributed by atoms with Crippen LogP contribution in [0.4, 0.5) is 10.2 Å². The maximum absolute atomic E-state index is 14.1. The van der Waals surface area contributed by atoms with Crippen molar-refractivity contribution in [1.82, 2.24) is 30.6 Å². The third-order valence-corrected chi connectivity index (χ3v) is 5.39. The lowest BCUT2D eigenvalue weighted by molar-refractivity contribution is 0.104. The average Bonchev–Trinajstić information content (AvgIpc) is 3.44. The Balaban J connectivity index is 1.40. The summed E-state index contributed by atoms with van der Waals surface area (Å²) in [7, 11) is 0. The Morgan fingerprint density at radius 3 is 3.04 bits per heavy atom. The van der Waals surface area contributed by atoms with E-state index >= 15 is 0 Å². The largest absolute Gasteiger partial charge is 0.309 e. The zero-order valence-corrected chi connectivity index (χ0v) is 14.5. The second-order valence-corrected chi connectivity index (χ2v) is 6.99. The molecule has 1 aromatic carbocycles. The number of para-hydroxylation sites is 1. The molecule has 4 aliphatic rings. The molecule has 0 amide bonds. The third-order valence-electron chi connectivity index (χ3n) is 5.39. The van der Waals surface area contributed by atoms with Crippen LogP contribution in [-0.2, 0) is 0 Å². The van der Waals surface area contributed by atoms with Gasteiger partial charge in [-0.25, -0.2) is 4.99 Å². The molecule has 1 fully saturated rings. The lowest BCUT2D eigenvalue weighted by Crippen LogP contribution is -2.53. The highest BCUT2D eigenvalue weighted by Gasteiger charge is 2.43. The van der Waals surface area contributed by atoms with Gasteiger partial charge in [-0.15, -0.1) is 9.89 Å². The van der Waals surface area contributed by atoms with Crippen molar-refractivity contribution in [1.29, 1.82) is 0 Å². The standard InChI is InChI=1S/C17H18FN9/c18-23-9-16-24(11-23)15-6-2-1-4-12(15)17-20-10-26(27(16)17)25-8-14(21-22-25)13-5-3-7-19-13/h1-2,4,6,8-9,13,19H,3,5,7,10-11H2. The Bertz CT molecular complexity index is 961. The highest BCUT2D eigenvalue weighted by Crippen LogP contribution is 2.38. The Labute approximate surface area is 154 Å². The molecule has 10 heteroatoms. The van der Waals surface area contributed by atoms with Crippen LogP contribution < -0.4 is 15.3 Å². The first-order valence-corrected chi connectivity index (χ1v) is 9.09. The quantitative estimate of drug-likeness (QED) is 0.796. The van der Waals surface area contributed by atoms with Crippen LogP contribution in [0.3, 0.4) is 0 Å². The van der Waals surface area contributed by atoms with E-state index in [0.717, 1.165) is 42.2 Å². The second-order valence-electron chi connectivity index (χ2n) is 6.99. The van der Waals surface area contributed by atoms with E-state index in [0.29, 0.717) is 17.6 Å². The number of nitrogens with one attached hydrogen (secondary N) is 1. The maximum atomic E-state index is 14.1. The number of benzene rings is 1. The number of anilines is 1. The van der Waals surface area contributed by atoms with Gasteiger partial charge in [0.2, 0.25) is 0 Å². The first-order chi connectivity index (χ1) is 13.3. The van der Waals surface area contributed by atoms with Crippen molar-refractivity contribution in [3.8, 4) is 0 Å². The fraction of sp³-hybridized carbons (Fsp3) is 0.353. The minimum atomic E-state index is 0.151. The number of amidine groups is 1. The number of hydrazine groups is 1. The molecule has 1 unspecified atom stereocenters. The van der Waals surface area contributed by atoms with Gasteiger partial charge >= 0.3 is 0 Å². The summed E-state index contributed by atoms with van der Waals surface area (Å²) in [4.78, 5) is 8.33. The first kappa shape index (κ1) is 15.0. The lowest BCUT2D eigenvalue weighted by atomic mass is 10.1. The molecule has 1 atom stereocenters. The van der Waals surface area contributed by atoms with Gasteiger partial charge in [0.25, 0.3) is 0 Å². The van der Waals surface area contributed by atoms with E-state index in [9.17, 15) is 4.48 Å². The molecule has 1 N–H and O–H groups in total. The Kier molecular flexibility index (Phi) is 3.01. The van der Waals surface area contributed by atoms with Gasteiger partial charge in [-0.3, -0.25) is 0 Å². The third kappa shape index (κ3) is 2.10. The van der Waals surface area contributed by atoms with E-state index in [1.54, 1.807) is 4.79 Å². The zero-order chi connectivity index (χ0) is 18.0. The lowest BCUT2D eigenvalue weighted by Gasteiger charge is -2.39. The van der Waals surface area contributed by atoms with Crippen LogP contribution in [0.2, 0.25) is 0 Å². The molecule has 0 bridgehead atoms. The SMILES string of the molecule is FN1C=C2N(C1)c1ccccc1C1=NCN(n3cc(C4CCCN4)nn3)N21. The van der Waals surface area contributed by atoms with Crippen molar-refractivity contribution >= 4 is 11.5 Å². The molecular formula is C17H18FN9. The van der Waals surface area contributed by atoms with Gasteiger partial charge in [0, 0.05) is 5.56 Å². The molecule has 1 saturated heterocycles. The van der Waals surface area contributed by atoms with E-state index in [-0.39, 0.29) is 12.7 Å². The van der Waals surface area contributed by atoms with Gasteiger partial charge in [-0.05, 0) is 36.7 Å². The van der Waals surface area contributed by atoms with Gasteiger partial charge in [-0.2, -0.15) is 15.2 Å². The molecule has 4 aliphatic heterocycles. The number of rotatable bonds is 2. The van der Waals surface area contributed by atoms with Crippen molar-refractivity contribution < 1.29 is 4.48 Å². The van der Waals surface area contributed by atoms with Crippen molar-refractivity contribution in [2.24, 2.45) is 4.99 Å². The van der Waals surface area contributed by atoms with Crippen molar-refractivity contribution in [3.05, 3.63) is 53.7 Å². The van der Waals surface area contributed by atoms with Crippen molar-refractivity contribution in [2.45, 2.75) is 18.9 Å². The van der Waals surface area contributed by atoms with E-state index < -0.39 is 0 Å². The minimum absolute atomic E-state index is 0.151. The fourth-order valence-corrected chi connectivity index (χ4v) is 4.14. The summed E-state index contributed by atoms with van der Waals surface area (Å²) in [6.45, 7) is 1.55. The predicted molar refractivity (Wildman–Crippen MR) is 96.3 cm³/mol. The molecule has 0 saturated carbocycles. The zero-order valence-electron chi connectivity index (χ0n) is 14.5. The molecular weight excluding hydrogens is 349 g/mol. The average molecular weight is 367 g/mol. The summed E-state index contributed by atoms with van der Waals surface area (Å²) in [6, 6.07) is 8.17. The van der Waals surface area contributed by atoms with Crippen LogP contribution in [0.5, 0.6) is 0 Å². The second kappa shape index (κ2) is 5.43. The summed E-state index contributed by atoms with van der Waals surface area (Å²) < 4.78 is 14.1. The Morgan fingerprint density at radius 2 is 2.15 bits per heavy atom. The first-order valence-electron chi connectivity index (χ1n) is 9.09. The van der Waals surface area contributed by atoms with Crippen LogP contribution >= 0.6 is 0 Å². The smallest absolute Gasteiger partial charge is 0.162 e. The summed E-state index contributed by atoms with van der Waals surface area (Å²) >= 11 is 0. The normalized spacial score (nSPS) is 23.4. The van der Waals surface area contributed by atoms with Crippen LogP contribution in [-0.4, -0.2) is 51.0 Å². The van der Waals surface area contributed by atoms with Gasteiger partial charge in [0.1, 0.15) is 12.4 Å². The minimum Gasteiger partial charge on any atom is -0.309 e. The van der Waals surface area contributed by atoms with E-state index in [1.807, 2.05) is 45.5 Å². The van der Waals surface area contributed by atoms with Gasteiger partial charge in [0.05, 0.1) is 24.1 Å². The number of fused-ring (bicyclic) bond motifs is 6. The number of aromatic nitrogens is 3. The Hall–Kier alpha value is -3.14. The molecule has 2 aromatic rings. The molecule has 0 aliphatic carbocycles. The Morgan fingerprint density at radius 1 is 1.22 bits per heavy atom.